The third kappa shape index (κ3) is 7.12. The lowest BCUT2D eigenvalue weighted by atomic mass is 9.61. The minimum Gasteiger partial charge on any atom is -0.311 e. The molecule has 0 spiro atoms. The molecule has 8 aromatic rings. The van der Waals surface area contributed by atoms with Gasteiger partial charge in [0.25, 0.3) is 0 Å². The Balaban J connectivity index is 1.05. The molecule has 8 aromatic carbocycles. The monoisotopic (exact) mass is 804 g/mol. The maximum Gasteiger partial charge on any atom is 0.0465 e. The highest BCUT2D eigenvalue weighted by Crippen LogP contribution is 2.52. The molecule has 0 aromatic heterocycles. The van der Waals surface area contributed by atoms with Gasteiger partial charge in [0, 0.05) is 45.0 Å². The second-order valence-electron chi connectivity index (χ2n) is 18.4. The predicted octanol–water partition coefficient (Wildman–Crippen LogP) is 16.7. The van der Waals surface area contributed by atoms with Gasteiger partial charge in [0.05, 0.1) is 0 Å². The van der Waals surface area contributed by atoms with Gasteiger partial charge in [0.15, 0.2) is 0 Å². The van der Waals surface area contributed by atoms with E-state index in [1.807, 2.05) is 0 Å². The molecule has 2 aliphatic carbocycles. The van der Waals surface area contributed by atoms with Crippen molar-refractivity contribution < 1.29 is 0 Å². The lowest BCUT2D eigenvalue weighted by molar-refractivity contribution is 0.217. The van der Waals surface area contributed by atoms with E-state index in [1.54, 1.807) is 0 Å². The van der Waals surface area contributed by atoms with Crippen LogP contribution in [0, 0.1) is 11.8 Å². The molecule has 0 unspecified atom stereocenters. The summed E-state index contributed by atoms with van der Waals surface area (Å²) in [6, 6.07) is 76.4. The molecule has 62 heavy (non-hydrogen) atoms. The number of benzene rings is 8. The van der Waals surface area contributed by atoms with Crippen LogP contribution in [0.5, 0.6) is 0 Å². The average molecular weight is 805 g/mol. The molecular weight excluding hydrogens is 749 g/mol. The first-order chi connectivity index (χ1) is 30.3. The topological polar surface area (TPSA) is 6.48 Å². The van der Waals surface area contributed by atoms with Gasteiger partial charge in [0.2, 0.25) is 0 Å². The van der Waals surface area contributed by atoms with Gasteiger partial charge in [-0.15, -0.1) is 0 Å². The van der Waals surface area contributed by atoms with Crippen LogP contribution in [0.1, 0.15) is 75.6 Å². The number of hydrogen-bond donors (Lipinski definition) is 0. The van der Waals surface area contributed by atoms with Gasteiger partial charge in [-0.25, -0.2) is 0 Å². The van der Waals surface area contributed by atoms with Gasteiger partial charge in [0.1, 0.15) is 0 Å². The molecule has 1 fully saturated rings. The van der Waals surface area contributed by atoms with Crippen LogP contribution >= 0.6 is 0 Å². The minimum absolute atomic E-state index is 0.0711. The Morgan fingerprint density at radius 1 is 0.403 bits per heavy atom. The molecule has 0 saturated heterocycles. The third-order valence-electron chi connectivity index (χ3n) is 14.3. The summed E-state index contributed by atoms with van der Waals surface area (Å²) in [6.45, 7) is 9.55. The summed E-state index contributed by atoms with van der Waals surface area (Å²) in [5.41, 5.74) is 17.5. The van der Waals surface area contributed by atoms with Gasteiger partial charge < -0.3 is 9.80 Å². The third-order valence-corrected chi connectivity index (χ3v) is 14.3. The molecule has 0 bridgehead atoms. The number of para-hydroxylation sites is 2. The zero-order chi connectivity index (χ0) is 42.3. The summed E-state index contributed by atoms with van der Waals surface area (Å²) < 4.78 is 0. The van der Waals surface area contributed by atoms with E-state index in [4.69, 9.17) is 0 Å². The summed E-state index contributed by atoms with van der Waals surface area (Å²) in [5.74, 6) is 1.44. The fraction of sp³-hybridized carbons (Fsp3) is 0.200. The molecule has 2 nitrogen and oxygen atoms in total. The van der Waals surface area contributed by atoms with E-state index < -0.39 is 0 Å². The summed E-state index contributed by atoms with van der Waals surface area (Å²) in [6.07, 6.45) is 4.74. The van der Waals surface area contributed by atoms with Crippen molar-refractivity contribution in [3.05, 3.63) is 229 Å². The normalized spacial score (nSPS) is 17.6. The van der Waals surface area contributed by atoms with E-state index in [1.165, 1.54) is 68.7 Å². The highest BCUT2D eigenvalue weighted by Gasteiger charge is 2.40. The Labute approximate surface area is 369 Å². The first kappa shape index (κ1) is 39.5. The van der Waals surface area contributed by atoms with Crippen LogP contribution in [-0.4, -0.2) is 0 Å². The first-order valence-corrected chi connectivity index (χ1v) is 22.6. The van der Waals surface area contributed by atoms with Crippen LogP contribution in [0.15, 0.2) is 206 Å². The minimum atomic E-state index is -0.0926. The molecule has 0 N–H and O–H groups in total. The van der Waals surface area contributed by atoms with Crippen molar-refractivity contribution in [3.8, 4) is 22.3 Å². The number of nitrogens with zero attached hydrogens (tertiary/aromatic N) is 2. The number of hydrogen-bond acceptors (Lipinski definition) is 2. The van der Waals surface area contributed by atoms with Crippen molar-refractivity contribution in [1.82, 2.24) is 0 Å². The Morgan fingerprint density at radius 3 is 1.34 bits per heavy atom. The first-order valence-electron chi connectivity index (χ1n) is 22.6. The highest BCUT2D eigenvalue weighted by molar-refractivity contribution is 5.86. The van der Waals surface area contributed by atoms with Crippen molar-refractivity contribution in [2.24, 2.45) is 11.8 Å². The zero-order valence-corrected chi connectivity index (χ0v) is 36.5. The largest absolute Gasteiger partial charge is 0.311 e. The van der Waals surface area contributed by atoms with Crippen molar-refractivity contribution in [2.45, 2.75) is 64.2 Å². The van der Waals surface area contributed by atoms with Crippen LogP contribution in [0.25, 0.3) is 22.3 Å². The van der Waals surface area contributed by atoms with Crippen LogP contribution in [-0.2, 0) is 10.8 Å². The van der Waals surface area contributed by atoms with Gasteiger partial charge >= 0.3 is 0 Å². The van der Waals surface area contributed by atoms with Gasteiger partial charge in [-0.05, 0) is 155 Å². The summed E-state index contributed by atoms with van der Waals surface area (Å²) in [5, 5.41) is 0. The molecule has 2 heteroatoms. The SMILES string of the molecule is CC(C)C1CCC(c2ccc(N(c3ccccc3)c3ccccc3)cc2)(c2ccc(N(c3ccc(-c4ccccc4)cc3)c3ccc4c(c3)C(C)(C)c3ccccc3-4)cc2)CC1. The van der Waals surface area contributed by atoms with E-state index in [0.29, 0.717) is 5.92 Å². The maximum atomic E-state index is 2.46. The fourth-order valence-corrected chi connectivity index (χ4v) is 10.7. The lowest BCUT2D eigenvalue weighted by Crippen LogP contribution is -2.34. The predicted molar refractivity (Wildman–Crippen MR) is 263 cm³/mol. The molecule has 0 amide bonds. The van der Waals surface area contributed by atoms with E-state index in [9.17, 15) is 0 Å². The number of anilines is 6. The molecule has 10 rings (SSSR count). The summed E-state index contributed by atoms with van der Waals surface area (Å²) >= 11 is 0. The maximum absolute atomic E-state index is 2.46. The molecule has 306 valence electrons. The lowest BCUT2D eigenvalue weighted by Gasteiger charge is -2.43. The highest BCUT2D eigenvalue weighted by atomic mass is 15.1. The molecule has 2 aliphatic rings. The van der Waals surface area contributed by atoms with Crippen LogP contribution in [0.2, 0.25) is 0 Å². The Hall–Kier alpha value is -6.64. The molecule has 1 saturated carbocycles. The van der Waals surface area contributed by atoms with E-state index in [2.05, 4.69) is 244 Å². The van der Waals surface area contributed by atoms with E-state index in [-0.39, 0.29) is 10.8 Å². The standard InChI is InChI=1S/C60H56N2/c1-43(2)44-38-40-60(41-39-44,47-26-32-52(33-27-47)61(49-18-10-6-11-19-49)50-20-12-7-13-21-50)48-28-34-53(35-29-48)62(51-30-24-46(25-31-51)45-16-8-5-9-17-45)54-36-37-56-55-22-14-15-23-57(55)59(3,4)58(56)42-54/h5-37,42-44H,38-41H2,1-4H3. The van der Waals surface area contributed by atoms with Crippen molar-refractivity contribution in [2.75, 3.05) is 9.80 Å². The van der Waals surface area contributed by atoms with Crippen LogP contribution < -0.4 is 9.80 Å². The van der Waals surface area contributed by atoms with Crippen LogP contribution in [0.4, 0.5) is 34.1 Å². The smallest absolute Gasteiger partial charge is 0.0465 e. The Morgan fingerprint density at radius 2 is 0.806 bits per heavy atom. The second kappa shape index (κ2) is 16.3. The summed E-state index contributed by atoms with van der Waals surface area (Å²) in [7, 11) is 0. The van der Waals surface area contributed by atoms with Gasteiger partial charge in [-0.1, -0.05) is 161 Å². The van der Waals surface area contributed by atoms with E-state index in [0.717, 1.165) is 41.5 Å². The second-order valence-corrected chi connectivity index (χ2v) is 18.4. The number of fused-ring (bicyclic) bond motifs is 3. The van der Waals surface area contributed by atoms with Crippen LogP contribution in [0.3, 0.4) is 0 Å². The summed E-state index contributed by atoms with van der Waals surface area (Å²) in [4.78, 5) is 4.82. The fourth-order valence-electron chi connectivity index (χ4n) is 10.7. The molecule has 0 aliphatic heterocycles. The Bertz CT molecular complexity index is 2720. The molecular formula is C60H56N2. The Kier molecular flexibility index (Phi) is 10.4. The van der Waals surface area contributed by atoms with Crippen molar-refractivity contribution in [3.63, 3.8) is 0 Å². The van der Waals surface area contributed by atoms with Gasteiger partial charge in [-0.3, -0.25) is 0 Å². The van der Waals surface area contributed by atoms with Crippen molar-refractivity contribution in [1.29, 1.82) is 0 Å². The molecule has 0 atom stereocenters. The number of rotatable bonds is 10. The molecule has 0 heterocycles. The zero-order valence-electron chi connectivity index (χ0n) is 36.5. The molecule has 0 radical (unpaired) electrons. The van der Waals surface area contributed by atoms with Gasteiger partial charge in [-0.2, -0.15) is 0 Å². The average Bonchev–Trinajstić information content (AvgIpc) is 3.56. The van der Waals surface area contributed by atoms with E-state index >= 15 is 0 Å². The van der Waals surface area contributed by atoms with Crippen molar-refractivity contribution >= 4 is 34.1 Å². The quantitative estimate of drug-likeness (QED) is 0.136.